The maximum Gasteiger partial charge on any atom is 0.299 e. The van der Waals surface area contributed by atoms with E-state index in [1.807, 2.05) is 12.1 Å². The number of hydrogen-bond donors (Lipinski definition) is 1. The molecule has 1 fully saturated rings. The number of nitrogens with zero attached hydrogens (tertiary/aromatic N) is 3. The van der Waals surface area contributed by atoms with Gasteiger partial charge in [0.05, 0.1) is 4.92 Å². The lowest BCUT2D eigenvalue weighted by molar-refractivity contribution is -0.384. The molecule has 2 rings (SSSR count). The largest absolute Gasteiger partial charge is 0.304 e. The average Bonchev–Trinajstić information content (AvgIpc) is 2.74. The van der Waals surface area contributed by atoms with Crippen LogP contribution in [0.4, 0.5) is 5.69 Å². The normalized spacial score (nSPS) is 17.4. The number of hydrazine groups is 1. The summed E-state index contributed by atoms with van der Waals surface area (Å²) in [6, 6.07) is 1.21. The number of piperazine rings is 1. The molecule has 0 bridgehead atoms. The predicted octanol–water partition coefficient (Wildman–Crippen LogP) is 1.20. The fourth-order valence-corrected chi connectivity index (χ4v) is 2.83. The molecule has 1 aromatic heterocycles. The van der Waals surface area contributed by atoms with Gasteiger partial charge in [0.2, 0.25) is 0 Å². The molecule has 19 heavy (non-hydrogen) atoms. The SMILES string of the molecule is CN1CCN(NC(=O)c2cc([N+](=O)[O-])c(Cl)s2)CC1. The number of carbonyl (C=O) groups excluding carboxylic acids is 1. The lowest BCUT2D eigenvalue weighted by Gasteiger charge is -2.32. The highest BCUT2D eigenvalue weighted by atomic mass is 35.5. The number of halogens is 1. The molecule has 1 aliphatic rings. The van der Waals surface area contributed by atoms with Crippen molar-refractivity contribution < 1.29 is 9.72 Å². The highest BCUT2D eigenvalue weighted by molar-refractivity contribution is 7.18. The lowest BCUT2D eigenvalue weighted by Crippen LogP contribution is -2.52. The van der Waals surface area contributed by atoms with Crippen molar-refractivity contribution in [1.82, 2.24) is 15.3 Å². The first-order valence-corrected chi connectivity index (χ1v) is 6.85. The van der Waals surface area contributed by atoms with E-state index in [0.717, 1.165) is 37.5 Å². The van der Waals surface area contributed by atoms with Gasteiger partial charge in [-0.2, -0.15) is 0 Å². The second-order valence-electron chi connectivity index (χ2n) is 4.26. The van der Waals surface area contributed by atoms with E-state index in [1.165, 1.54) is 6.07 Å². The van der Waals surface area contributed by atoms with Gasteiger partial charge in [-0.3, -0.25) is 20.3 Å². The molecule has 1 saturated heterocycles. The van der Waals surface area contributed by atoms with Crippen LogP contribution in [0.5, 0.6) is 0 Å². The number of thiophene rings is 1. The summed E-state index contributed by atoms with van der Waals surface area (Å²) >= 11 is 6.64. The smallest absolute Gasteiger partial charge is 0.299 e. The summed E-state index contributed by atoms with van der Waals surface area (Å²) in [5.41, 5.74) is 2.51. The fourth-order valence-electron chi connectivity index (χ4n) is 1.71. The van der Waals surface area contributed by atoms with E-state index >= 15 is 0 Å². The van der Waals surface area contributed by atoms with Gasteiger partial charge in [0.15, 0.2) is 4.34 Å². The molecule has 7 nitrogen and oxygen atoms in total. The van der Waals surface area contributed by atoms with Crippen LogP contribution in [0.15, 0.2) is 6.07 Å². The minimum absolute atomic E-state index is 0.0218. The van der Waals surface area contributed by atoms with Crippen molar-refractivity contribution >= 4 is 34.5 Å². The van der Waals surface area contributed by atoms with Crippen LogP contribution >= 0.6 is 22.9 Å². The van der Waals surface area contributed by atoms with E-state index in [-0.39, 0.29) is 20.8 Å². The van der Waals surface area contributed by atoms with Gasteiger partial charge < -0.3 is 4.90 Å². The van der Waals surface area contributed by atoms with E-state index in [1.54, 1.807) is 0 Å². The predicted molar refractivity (Wildman–Crippen MR) is 72.5 cm³/mol. The molecule has 1 N–H and O–H groups in total. The number of carbonyl (C=O) groups is 1. The first-order chi connectivity index (χ1) is 8.97. The molecular formula is C10H13ClN4O3S. The van der Waals surface area contributed by atoms with Crippen LogP contribution in [-0.2, 0) is 0 Å². The molecule has 0 aliphatic carbocycles. The Labute approximate surface area is 118 Å². The van der Waals surface area contributed by atoms with Gasteiger partial charge in [-0.25, -0.2) is 5.01 Å². The van der Waals surface area contributed by atoms with E-state index in [2.05, 4.69) is 10.3 Å². The maximum absolute atomic E-state index is 11.9. The van der Waals surface area contributed by atoms with Crippen LogP contribution in [0, 0.1) is 10.1 Å². The van der Waals surface area contributed by atoms with Gasteiger partial charge in [-0.1, -0.05) is 11.6 Å². The number of rotatable bonds is 3. The van der Waals surface area contributed by atoms with Crippen LogP contribution in [0.25, 0.3) is 0 Å². The highest BCUT2D eigenvalue weighted by Gasteiger charge is 2.23. The summed E-state index contributed by atoms with van der Waals surface area (Å²) in [6.45, 7) is 3.18. The zero-order chi connectivity index (χ0) is 14.0. The minimum atomic E-state index is -0.592. The molecule has 0 aromatic carbocycles. The topological polar surface area (TPSA) is 78.7 Å². The van der Waals surface area contributed by atoms with Crippen molar-refractivity contribution in [3.63, 3.8) is 0 Å². The molecule has 0 saturated carbocycles. The van der Waals surface area contributed by atoms with E-state index < -0.39 is 4.92 Å². The Hall–Kier alpha value is -1.22. The van der Waals surface area contributed by atoms with Gasteiger partial charge in [0.25, 0.3) is 11.6 Å². The molecule has 1 aromatic rings. The third kappa shape index (κ3) is 3.41. The standard InChI is InChI=1S/C10H13ClN4O3S/c1-13-2-4-14(5-3-13)12-10(16)8-6-7(15(17)18)9(11)19-8/h6H,2-5H2,1H3,(H,12,16). The number of nitrogens with one attached hydrogen (secondary N) is 1. The molecule has 1 aliphatic heterocycles. The van der Waals surface area contributed by atoms with Crippen LogP contribution in [0.2, 0.25) is 4.34 Å². The van der Waals surface area contributed by atoms with Gasteiger partial charge in [-0.05, 0) is 7.05 Å². The van der Waals surface area contributed by atoms with Gasteiger partial charge >= 0.3 is 0 Å². The molecule has 0 atom stereocenters. The van der Waals surface area contributed by atoms with Crippen molar-refractivity contribution in [2.75, 3.05) is 33.2 Å². The van der Waals surface area contributed by atoms with Gasteiger partial charge in [0.1, 0.15) is 4.88 Å². The number of nitro groups is 1. The quantitative estimate of drug-likeness (QED) is 0.670. The van der Waals surface area contributed by atoms with E-state index in [9.17, 15) is 14.9 Å². The summed E-state index contributed by atoms with van der Waals surface area (Å²) in [5, 5.41) is 12.5. The molecule has 2 heterocycles. The third-order valence-corrected chi connectivity index (χ3v) is 4.19. The van der Waals surface area contributed by atoms with Crippen LogP contribution in [0.3, 0.4) is 0 Å². The Kier molecular flexibility index (Phi) is 4.35. The molecule has 104 valence electrons. The molecule has 9 heteroatoms. The van der Waals surface area contributed by atoms with E-state index in [4.69, 9.17) is 11.6 Å². The number of amides is 1. The molecule has 0 unspecified atom stereocenters. The summed E-state index contributed by atoms with van der Waals surface area (Å²) < 4.78 is 0.0218. The molecular weight excluding hydrogens is 292 g/mol. The Balaban J connectivity index is 2.00. The number of hydrogen-bond acceptors (Lipinski definition) is 6. The Morgan fingerprint density at radius 2 is 2.11 bits per heavy atom. The fraction of sp³-hybridized carbons (Fsp3) is 0.500. The summed E-state index contributed by atoms with van der Waals surface area (Å²) in [6.07, 6.45) is 0. The first kappa shape index (κ1) is 14.2. The monoisotopic (exact) mass is 304 g/mol. The zero-order valence-electron chi connectivity index (χ0n) is 10.3. The summed E-state index contributed by atoms with van der Waals surface area (Å²) in [4.78, 5) is 24.4. The highest BCUT2D eigenvalue weighted by Crippen LogP contribution is 2.33. The van der Waals surface area contributed by atoms with Crippen LogP contribution in [-0.4, -0.2) is 54.0 Å². The second kappa shape index (κ2) is 5.83. The lowest BCUT2D eigenvalue weighted by atomic mass is 10.4. The van der Waals surface area contributed by atoms with Crippen molar-refractivity contribution in [3.8, 4) is 0 Å². The van der Waals surface area contributed by atoms with Crippen molar-refractivity contribution in [1.29, 1.82) is 0 Å². The minimum Gasteiger partial charge on any atom is -0.304 e. The Morgan fingerprint density at radius 1 is 1.47 bits per heavy atom. The summed E-state index contributed by atoms with van der Waals surface area (Å²) in [5.74, 6) is -0.357. The average molecular weight is 305 g/mol. The van der Waals surface area contributed by atoms with Crippen LogP contribution in [0.1, 0.15) is 9.67 Å². The van der Waals surface area contributed by atoms with Gasteiger partial charge in [-0.15, -0.1) is 11.3 Å². The second-order valence-corrected chi connectivity index (χ2v) is 5.91. The van der Waals surface area contributed by atoms with Gasteiger partial charge in [0, 0.05) is 32.2 Å². The molecule has 0 radical (unpaired) electrons. The first-order valence-electron chi connectivity index (χ1n) is 5.65. The van der Waals surface area contributed by atoms with Crippen molar-refractivity contribution in [3.05, 3.63) is 25.4 Å². The number of likely N-dealkylation sites (N-methyl/N-ethyl adjacent to an activating group) is 1. The third-order valence-electron chi connectivity index (χ3n) is 2.85. The van der Waals surface area contributed by atoms with Crippen molar-refractivity contribution in [2.45, 2.75) is 0 Å². The maximum atomic E-state index is 11.9. The summed E-state index contributed by atoms with van der Waals surface area (Å²) in [7, 11) is 2.02. The zero-order valence-corrected chi connectivity index (χ0v) is 11.8. The Morgan fingerprint density at radius 3 is 2.63 bits per heavy atom. The van der Waals surface area contributed by atoms with Crippen LogP contribution < -0.4 is 5.43 Å². The molecule has 1 amide bonds. The van der Waals surface area contributed by atoms with Crippen molar-refractivity contribution in [2.24, 2.45) is 0 Å². The molecule has 0 spiro atoms. The van der Waals surface area contributed by atoms with E-state index in [0.29, 0.717) is 0 Å². The Bertz CT molecular complexity index is 499.